The molecule has 0 saturated carbocycles. The van der Waals surface area contributed by atoms with Gasteiger partial charge in [-0.15, -0.1) is 0 Å². The molecule has 0 saturated heterocycles. The lowest BCUT2D eigenvalue weighted by molar-refractivity contribution is 0.313. The standard InChI is InChI=1S/C7H18N2/c1-4-7(2,5-8)6-9-3/h9H,4-6,8H2,1-3H3. The van der Waals surface area contributed by atoms with Crippen molar-refractivity contribution in [1.82, 2.24) is 5.32 Å². The van der Waals surface area contributed by atoms with Crippen molar-refractivity contribution >= 4 is 0 Å². The van der Waals surface area contributed by atoms with Crippen molar-refractivity contribution in [3.05, 3.63) is 0 Å². The first-order valence-corrected chi connectivity index (χ1v) is 3.53. The van der Waals surface area contributed by atoms with Gasteiger partial charge in [0.15, 0.2) is 0 Å². The van der Waals surface area contributed by atoms with E-state index in [9.17, 15) is 0 Å². The van der Waals surface area contributed by atoms with Crippen LogP contribution in [-0.2, 0) is 0 Å². The summed E-state index contributed by atoms with van der Waals surface area (Å²) in [7, 11) is 1.96. The van der Waals surface area contributed by atoms with E-state index in [1.807, 2.05) is 7.05 Å². The lowest BCUT2D eigenvalue weighted by Gasteiger charge is -2.25. The molecule has 0 aromatic heterocycles. The Hall–Kier alpha value is -0.0800. The molecule has 0 radical (unpaired) electrons. The average Bonchev–Trinajstić information content (AvgIpc) is 1.89. The summed E-state index contributed by atoms with van der Waals surface area (Å²) in [5.74, 6) is 0. The summed E-state index contributed by atoms with van der Waals surface area (Å²) in [5, 5.41) is 3.13. The third kappa shape index (κ3) is 2.82. The van der Waals surface area contributed by atoms with Crippen molar-refractivity contribution in [1.29, 1.82) is 0 Å². The first kappa shape index (κ1) is 8.92. The third-order valence-corrected chi connectivity index (χ3v) is 1.95. The van der Waals surface area contributed by atoms with Crippen molar-refractivity contribution < 1.29 is 0 Å². The zero-order valence-electron chi connectivity index (χ0n) is 6.70. The molecular weight excluding hydrogens is 112 g/mol. The summed E-state index contributed by atoms with van der Waals surface area (Å²) in [6.45, 7) is 6.15. The van der Waals surface area contributed by atoms with Crippen LogP contribution in [0.2, 0.25) is 0 Å². The second kappa shape index (κ2) is 3.85. The summed E-state index contributed by atoms with van der Waals surface area (Å²) < 4.78 is 0. The second-order valence-corrected chi connectivity index (χ2v) is 2.90. The summed E-state index contributed by atoms with van der Waals surface area (Å²) in [6, 6.07) is 0. The predicted molar refractivity (Wildman–Crippen MR) is 41.4 cm³/mol. The van der Waals surface area contributed by atoms with Crippen molar-refractivity contribution in [2.45, 2.75) is 20.3 Å². The Balaban J connectivity index is 3.62. The number of hydrogen-bond donors (Lipinski definition) is 2. The van der Waals surface area contributed by atoms with Gasteiger partial charge in [0.25, 0.3) is 0 Å². The lowest BCUT2D eigenvalue weighted by atomic mass is 9.88. The molecule has 0 aliphatic carbocycles. The maximum Gasteiger partial charge on any atom is 0.00141 e. The Bertz CT molecular complexity index is 67.3. The Morgan fingerprint density at radius 3 is 2.22 bits per heavy atom. The fourth-order valence-electron chi connectivity index (χ4n) is 0.768. The van der Waals surface area contributed by atoms with Crippen molar-refractivity contribution in [3.63, 3.8) is 0 Å². The average molecular weight is 130 g/mol. The maximum absolute atomic E-state index is 5.56. The highest BCUT2D eigenvalue weighted by atomic mass is 14.8. The van der Waals surface area contributed by atoms with Crippen LogP contribution in [0.5, 0.6) is 0 Å². The van der Waals surface area contributed by atoms with Crippen molar-refractivity contribution in [2.75, 3.05) is 20.1 Å². The maximum atomic E-state index is 5.56. The van der Waals surface area contributed by atoms with Crippen LogP contribution in [-0.4, -0.2) is 20.1 Å². The number of nitrogens with two attached hydrogens (primary N) is 1. The molecule has 56 valence electrons. The minimum Gasteiger partial charge on any atom is -0.330 e. The van der Waals surface area contributed by atoms with Crippen LogP contribution in [0.25, 0.3) is 0 Å². The van der Waals surface area contributed by atoms with E-state index in [1.54, 1.807) is 0 Å². The van der Waals surface area contributed by atoms with E-state index in [1.165, 1.54) is 0 Å². The minimum atomic E-state index is 0.300. The van der Waals surface area contributed by atoms with Crippen LogP contribution in [0.15, 0.2) is 0 Å². The molecule has 0 fully saturated rings. The quantitative estimate of drug-likeness (QED) is 0.584. The van der Waals surface area contributed by atoms with E-state index in [2.05, 4.69) is 19.2 Å². The number of hydrogen-bond acceptors (Lipinski definition) is 2. The Morgan fingerprint density at radius 2 is 2.11 bits per heavy atom. The van der Waals surface area contributed by atoms with E-state index in [0.29, 0.717) is 5.41 Å². The molecule has 0 aromatic carbocycles. The van der Waals surface area contributed by atoms with Gasteiger partial charge in [0.2, 0.25) is 0 Å². The molecule has 0 bridgehead atoms. The van der Waals surface area contributed by atoms with Gasteiger partial charge in [-0.25, -0.2) is 0 Å². The monoisotopic (exact) mass is 130 g/mol. The van der Waals surface area contributed by atoms with Gasteiger partial charge in [-0.3, -0.25) is 0 Å². The van der Waals surface area contributed by atoms with Crippen LogP contribution in [0, 0.1) is 5.41 Å². The number of rotatable bonds is 4. The Morgan fingerprint density at radius 1 is 1.56 bits per heavy atom. The van der Waals surface area contributed by atoms with Gasteiger partial charge in [0, 0.05) is 6.54 Å². The summed E-state index contributed by atoms with van der Waals surface area (Å²) in [4.78, 5) is 0. The highest BCUT2D eigenvalue weighted by molar-refractivity contribution is 4.74. The summed E-state index contributed by atoms with van der Waals surface area (Å²) in [6.07, 6.45) is 1.14. The van der Waals surface area contributed by atoms with E-state index >= 15 is 0 Å². The highest BCUT2D eigenvalue weighted by Crippen LogP contribution is 2.16. The van der Waals surface area contributed by atoms with Crippen LogP contribution in [0.4, 0.5) is 0 Å². The van der Waals surface area contributed by atoms with Gasteiger partial charge < -0.3 is 11.1 Å². The second-order valence-electron chi connectivity index (χ2n) is 2.90. The first-order valence-electron chi connectivity index (χ1n) is 3.53. The predicted octanol–water partition coefficient (Wildman–Crippen LogP) is 0.581. The van der Waals surface area contributed by atoms with E-state index in [4.69, 9.17) is 5.73 Å². The molecule has 0 heterocycles. The highest BCUT2D eigenvalue weighted by Gasteiger charge is 2.17. The normalized spacial score (nSPS) is 17.3. The molecule has 9 heavy (non-hydrogen) atoms. The van der Waals surface area contributed by atoms with Crippen molar-refractivity contribution in [2.24, 2.45) is 11.1 Å². The Labute approximate surface area is 57.8 Å². The van der Waals surface area contributed by atoms with Gasteiger partial charge in [0.05, 0.1) is 0 Å². The van der Waals surface area contributed by atoms with Crippen LogP contribution >= 0.6 is 0 Å². The van der Waals surface area contributed by atoms with Crippen LogP contribution in [0.1, 0.15) is 20.3 Å². The first-order chi connectivity index (χ1) is 4.18. The van der Waals surface area contributed by atoms with E-state index in [0.717, 1.165) is 19.5 Å². The van der Waals surface area contributed by atoms with Crippen LogP contribution < -0.4 is 11.1 Å². The molecule has 0 rings (SSSR count). The molecule has 0 aromatic rings. The van der Waals surface area contributed by atoms with E-state index < -0.39 is 0 Å². The largest absolute Gasteiger partial charge is 0.330 e. The molecular formula is C7H18N2. The van der Waals surface area contributed by atoms with Gasteiger partial charge >= 0.3 is 0 Å². The zero-order valence-corrected chi connectivity index (χ0v) is 6.70. The van der Waals surface area contributed by atoms with Crippen LogP contribution in [0.3, 0.4) is 0 Å². The SMILES string of the molecule is CCC(C)(CN)CNC. The topological polar surface area (TPSA) is 38.0 Å². The zero-order chi connectivity index (χ0) is 7.33. The van der Waals surface area contributed by atoms with Gasteiger partial charge in [-0.05, 0) is 25.4 Å². The minimum absolute atomic E-state index is 0.300. The molecule has 0 amide bonds. The summed E-state index contributed by atoms with van der Waals surface area (Å²) in [5.41, 5.74) is 5.86. The van der Waals surface area contributed by atoms with Gasteiger partial charge in [0.1, 0.15) is 0 Å². The molecule has 1 unspecified atom stereocenters. The molecule has 3 N–H and O–H groups in total. The Kier molecular flexibility index (Phi) is 3.82. The fourth-order valence-corrected chi connectivity index (χ4v) is 0.768. The molecule has 0 spiro atoms. The molecule has 1 atom stereocenters. The smallest absolute Gasteiger partial charge is 0.00141 e. The lowest BCUT2D eigenvalue weighted by Crippen LogP contribution is -2.35. The number of nitrogens with one attached hydrogen (secondary N) is 1. The fraction of sp³-hybridized carbons (Fsp3) is 1.00. The van der Waals surface area contributed by atoms with Gasteiger partial charge in [-0.2, -0.15) is 0 Å². The van der Waals surface area contributed by atoms with Gasteiger partial charge in [-0.1, -0.05) is 13.8 Å². The van der Waals surface area contributed by atoms with Crippen molar-refractivity contribution in [3.8, 4) is 0 Å². The summed E-state index contributed by atoms with van der Waals surface area (Å²) >= 11 is 0. The molecule has 2 heteroatoms. The molecule has 0 aliphatic heterocycles. The van der Waals surface area contributed by atoms with E-state index in [-0.39, 0.29) is 0 Å². The third-order valence-electron chi connectivity index (χ3n) is 1.95. The molecule has 0 aliphatic rings. The molecule has 2 nitrogen and oxygen atoms in total.